The van der Waals surface area contributed by atoms with E-state index >= 15 is 0 Å². The van der Waals surface area contributed by atoms with E-state index in [2.05, 4.69) is 61.6 Å². The summed E-state index contributed by atoms with van der Waals surface area (Å²) in [4.78, 5) is 0. The van der Waals surface area contributed by atoms with Crippen molar-refractivity contribution in [3.05, 3.63) is 82.5 Å². The van der Waals surface area contributed by atoms with Gasteiger partial charge in [0, 0.05) is 0 Å². The van der Waals surface area contributed by atoms with Crippen molar-refractivity contribution in [2.45, 2.75) is 39.0 Å². The summed E-state index contributed by atoms with van der Waals surface area (Å²) in [6.07, 6.45) is 19.8. The van der Waals surface area contributed by atoms with Gasteiger partial charge in [0.15, 0.2) is 0 Å². The van der Waals surface area contributed by atoms with E-state index in [1.165, 1.54) is 47.1 Å². The highest BCUT2D eigenvalue weighted by atomic mass is 14.3. The third-order valence-corrected chi connectivity index (χ3v) is 4.97. The third-order valence-electron chi connectivity index (χ3n) is 4.97. The van der Waals surface area contributed by atoms with E-state index < -0.39 is 0 Å². The fourth-order valence-corrected chi connectivity index (χ4v) is 3.78. The SMILES string of the molecule is CC1=CC=C(c2cccc3c2CC2=C3CCCC=C2)C=CC1. The lowest BCUT2D eigenvalue weighted by atomic mass is 9.93. The molecule has 0 spiro atoms. The smallest absolute Gasteiger partial charge is 0.00107 e. The first-order valence-electron chi connectivity index (χ1n) is 8.38. The standard InChI is InChI=1S/C22H22/c1-16-7-5-9-17(14-13-16)19-11-6-12-21-20-10-4-2-3-8-18(20)15-22(19)21/h3,5-6,8-9,11-14H,2,4,7,10,15H2,1H3. The van der Waals surface area contributed by atoms with Crippen molar-refractivity contribution in [3.63, 3.8) is 0 Å². The van der Waals surface area contributed by atoms with Crippen LogP contribution in [0.3, 0.4) is 0 Å². The van der Waals surface area contributed by atoms with Gasteiger partial charge in [0.25, 0.3) is 0 Å². The minimum Gasteiger partial charge on any atom is -0.0842 e. The van der Waals surface area contributed by atoms with Crippen molar-refractivity contribution >= 4 is 11.1 Å². The zero-order chi connectivity index (χ0) is 14.9. The molecule has 4 rings (SSSR count). The summed E-state index contributed by atoms with van der Waals surface area (Å²) in [6.45, 7) is 2.20. The van der Waals surface area contributed by atoms with Crippen molar-refractivity contribution in [1.29, 1.82) is 0 Å². The predicted molar refractivity (Wildman–Crippen MR) is 95.5 cm³/mol. The summed E-state index contributed by atoms with van der Waals surface area (Å²) >= 11 is 0. The number of rotatable bonds is 1. The van der Waals surface area contributed by atoms with Crippen molar-refractivity contribution < 1.29 is 0 Å². The maximum absolute atomic E-state index is 2.37. The molecule has 110 valence electrons. The molecular formula is C22H22. The average Bonchev–Trinajstić information content (AvgIpc) is 2.71. The predicted octanol–water partition coefficient (Wildman–Crippen LogP) is 6.03. The van der Waals surface area contributed by atoms with Crippen LogP contribution < -0.4 is 0 Å². The number of benzene rings is 1. The molecule has 0 heterocycles. The van der Waals surface area contributed by atoms with Gasteiger partial charge in [-0.3, -0.25) is 0 Å². The Kier molecular flexibility index (Phi) is 3.46. The molecule has 0 heteroatoms. The van der Waals surface area contributed by atoms with Gasteiger partial charge in [-0.2, -0.15) is 0 Å². The van der Waals surface area contributed by atoms with Crippen LogP contribution in [0.5, 0.6) is 0 Å². The van der Waals surface area contributed by atoms with Gasteiger partial charge in [-0.15, -0.1) is 0 Å². The molecule has 0 N–H and O–H groups in total. The summed E-state index contributed by atoms with van der Waals surface area (Å²) in [5.41, 5.74) is 10.4. The van der Waals surface area contributed by atoms with Gasteiger partial charge in [-0.05, 0) is 72.4 Å². The van der Waals surface area contributed by atoms with Crippen molar-refractivity contribution in [1.82, 2.24) is 0 Å². The molecule has 3 aliphatic carbocycles. The number of fused-ring (bicyclic) bond motifs is 2. The van der Waals surface area contributed by atoms with Crippen molar-refractivity contribution in [2.75, 3.05) is 0 Å². The molecule has 1 aromatic rings. The highest BCUT2D eigenvalue weighted by Crippen LogP contribution is 2.41. The second kappa shape index (κ2) is 5.61. The monoisotopic (exact) mass is 286 g/mol. The molecule has 0 amide bonds. The second-order valence-electron chi connectivity index (χ2n) is 6.55. The molecule has 0 unspecified atom stereocenters. The van der Waals surface area contributed by atoms with E-state index in [4.69, 9.17) is 0 Å². The average molecular weight is 286 g/mol. The molecule has 22 heavy (non-hydrogen) atoms. The number of hydrogen-bond acceptors (Lipinski definition) is 0. The fraction of sp³-hybridized carbons (Fsp3) is 0.273. The maximum atomic E-state index is 2.37. The van der Waals surface area contributed by atoms with Crippen LogP contribution in [-0.2, 0) is 6.42 Å². The largest absolute Gasteiger partial charge is 0.0842 e. The summed E-state index contributed by atoms with van der Waals surface area (Å²) in [5.74, 6) is 0. The Bertz CT molecular complexity index is 763. The van der Waals surface area contributed by atoms with Crippen LogP contribution >= 0.6 is 0 Å². The summed E-state index contributed by atoms with van der Waals surface area (Å²) in [7, 11) is 0. The summed E-state index contributed by atoms with van der Waals surface area (Å²) in [6, 6.07) is 6.84. The Hall–Kier alpha value is -2.08. The van der Waals surface area contributed by atoms with Gasteiger partial charge in [-0.1, -0.05) is 60.2 Å². The summed E-state index contributed by atoms with van der Waals surface area (Å²) < 4.78 is 0. The highest BCUT2D eigenvalue weighted by molar-refractivity contribution is 5.86. The molecule has 0 aromatic heterocycles. The van der Waals surface area contributed by atoms with E-state index in [1.807, 2.05) is 0 Å². The molecule has 0 aliphatic heterocycles. The molecule has 0 bridgehead atoms. The Morgan fingerprint density at radius 2 is 1.86 bits per heavy atom. The van der Waals surface area contributed by atoms with Crippen molar-refractivity contribution in [3.8, 4) is 0 Å². The van der Waals surface area contributed by atoms with Crippen LogP contribution in [-0.4, -0.2) is 0 Å². The van der Waals surface area contributed by atoms with Crippen LogP contribution in [0.1, 0.15) is 49.3 Å². The van der Waals surface area contributed by atoms with Crippen molar-refractivity contribution in [2.24, 2.45) is 0 Å². The first-order valence-corrected chi connectivity index (χ1v) is 8.38. The topological polar surface area (TPSA) is 0 Å². The van der Waals surface area contributed by atoms with Gasteiger partial charge in [0.05, 0.1) is 0 Å². The van der Waals surface area contributed by atoms with Crippen LogP contribution in [0, 0.1) is 0 Å². The minimum absolute atomic E-state index is 1.06. The third kappa shape index (κ3) is 2.33. The molecule has 3 aliphatic rings. The Morgan fingerprint density at radius 1 is 0.955 bits per heavy atom. The summed E-state index contributed by atoms with van der Waals surface area (Å²) in [5, 5.41) is 0. The van der Waals surface area contributed by atoms with E-state index in [0.717, 1.165) is 12.8 Å². The zero-order valence-electron chi connectivity index (χ0n) is 13.2. The molecule has 0 atom stereocenters. The molecule has 0 nitrogen and oxygen atoms in total. The molecule has 0 fully saturated rings. The quantitative estimate of drug-likeness (QED) is 0.591. The first kappa shape index (κ1) is 13.6. The van der Waals surface area contributed by atoms with Crippen LogP contribution in [0.4, 0.5) is 0 Å². The Balaban J connectivity index is 1.80. The van der Waals surface area contributed by atoms with Gasteiger partial charge in [-0.25, -0.2) is 0 Å². The maximum Gasteiger partial charge on any atom is -0.00107 e. The van der Waals surface area contributed by atoms with Gasteiger partial charge in [0.1, 0.15) is 0 Å². The van der Waals surface area contributed by atoms with E-state index in [9.17, 15) is 0 Å². The molecule has 0 saturated carbocycles. The lowest BCUT2D eigenvalue weighted by Crippen LogP contribution is -1.93. The fourth-order valence-electron chi connectivity index (χ4n) is 3.78. The molecular weight excluding hydrogens is 264 g/mol. The molecule has 0 radical (unpaired) electrons. The zero-order valence-corrected chi connectivity index (χ0v) is 13.2. The Morgan fingerprint density at radius 3 is 2.82 bits per heavy atom. The minimum atomic E-state index is 1.06. The normalized spacial score (nSPS) is 20.0. The number of hydrogen-bond donors (Lipinski definition) is 0. The van der Waals surface area contributed by atoms with Crippen LogP contribution in [0.25, 0.3) is 11.1 Å². The second-order valence-corrected chi connectivity index (χ2v) is 6.55. The van der Waals surface area contributed by atoms with Gasteiger partial charge >= 0.3 is 0 Å². The highest BCUT2D eigenvalue weighted by Gasteiger charge is 2.23. The molecule has 0 saturated heterocycles. The lowest BCUT2D eigenvalue weighted by Gasteiger charge is -2.11. The van der Waals surface area contributed by atoms with Gasteiger partial charge in [0.2, 0.25) is 0 Å². The van der Waals surface area contributed by atoms with E-state index in [0.29, 0.717) is 0 Å². The van der Waals surface area contributed by atoms with E-state index in [-0.39, 0.29) is 0 Å². The number of allylic oxidation sites excluding steroid dienone is 10. The van der Waals surface area contributed by atoms with Crippen LogP contribution in [0.15, 0.2) is 65.8 Å². The van der Waals surface area contributed by atoms with Crippen LogP contribution in [0.2, 0.25) is 0 Å². The lowest BCUT2D eigenvalue weighted by molar-refractivity contribution is 0.886. The Labute approximate surface area is 133 Å². The van der Waals surface area contributed by atoms with E-state index in [1.54, 1.807) is 11.1 Å². The van der Waals surface area contributed by atoms with Gasteiger partial charge < -0.3 is 0 Å². The molecule has 1 aromatic carbocycles. The first-order chi connectivity index (χ1) is 10.8.